The number of hydrogen-bond donors (Lipinski definition) is 4. The number of nitrogen functional groups attached to an aromatic ring is 1. The molecule has 0 amide bonds. The highest BCUT2D eigenvalue weighted by molar-refractivity contribution is 5.86. The number of rotatable bonds is 6. The van der Waals surface area contributed by atoms with Gasteiger partial charge in [0.15, 0.2) is 0 Å². The van der Waals surface area contributed by atoms with E-state index >= 15 is 0 Å². The van der Waals surface area contributed by atoms with Gasteiger partial charge < -0.3 is 31.2 Å². The van der Waals surface area contributed by atoms with E-state index in [0.29, 0.717) is 41.0 Å². The van der Waals surface area contributed by atoms with Crippen LogP contribution in [-0.2, 0) is 4.74 Å². The van der Waals surface area contributed by atoms with E-state index in [1.807, 2.05) is 18.2 Å². The molecule has 3 aliphatic heterocycles. The molecule has 0 radical (unpaired) electrons. The average Bonchev–Trinajstić information content (AvgIpc) is 3.07. The molecule has 7 heteroatoms. The number of phenolic OH excluding ortho intramolecular Hbond substituents is 1. The number of nitrogens with two attached hydrogens (primary N) is 2. The highest BCUT2D eigenvalue weighted by atomic mass is 16.5. The summed E-state index contributed by atoms with van der Waals surface area (Å²) in [4.78, 5) is 8.59. The van der Waals surface area contributed by atoms with Crippen LogP contribution in [0.5, 0.6) is 5.75 Å². The lowest BCUT2D eigenvalue weighted by atomic mass is 9.80. The largest absolute Gasteiger partial charge is 0.507 e. The van der Waals surface area contributed by atoms with Crippen molar-refractivity contribution < 1.29 is 9.84 Å². The summed E-state index contributed by atoms with van der Waals surface area (Å²) in [5.41, 5.74) is 17.8. The number of piperidine rings is 1. The van der Waals surface area contributed by atoms with Crippen LogP contribution in [-0.4, -0.2) is 71.9 Å². The third kappa shape index (κ3) is 4.25. The number of phenols is 1. The van der Waals surface area contributed by atoms with Gasteiger partial charge >= 0.3 is 0 Å². The smallest absolute Gasteiger partial charge is 0.124 e. The summed E-state index contributed by atoms with van der Waals surface area (Å²) in [7, 11) is 2.23. The summed E-state index contributed by atoms with van der Waals surface area (Å²) < 4.78 is 5.85. The second kappa shape index (κ2) is 9.05. The van der Waals surface area contributed by atoms with Crippen LogP contribution in [0.2, 0.25) is 0 Å². The standard InChI is InChI=1S/C26H37N5O2/c1-16(13-31-8-5-9-31)24-21(12-22(27)20-6-3-4-7-23(20)32)26(28)29-25(24)17-10-18-14-33-15-19(11-17)30(18)2/h3-4,6-7,12,16-19,29,32H,5,8-11,13-15,27-28H2,1-2H3/b22-12-. The molecule has 2 bridgehead atoms. The summed E-state index contributed by atoms with van der Waals surface area (Å²) in [5, 5.41) is 10.3. The van der Waals surface area contributed by atoms with E-state index in [0.717, 1.165) is 38.2 Å². The molecule has 178 valence electrons. The van der Waals surface area contributed by atoms with Gasteiger partial charge in [-0.15, -0.1) is 0 Å². The van der Waals surface area contributed by atoms with Gasteiger partial charge in [0.2, 0.25) is 0 Å². The minimum Gasteiger partial charge on any atom is -0.507 e. The topological polar surface area (TPSA) is 104 Å². The van der Waals surface area contributed by atoms with Gasteiger partial charge in [-0.1, -0.05) is 19.1 Å². The Morgan fingerprint density at radius 3 is 2.58 bits per heavy atom. The minimum atomic E-state index is 0.180. The van der Waals surface area contributed by atoms with Crippen molar-refractivity contribution in [3.63, 3.8) is 0 Å². The number of H-pyrrole nitrogens is 1. The molecule has 33 heavy (non-hydrogen) atoms. The van der Waals surface area contributed by atoms with E-state index in [1.165, 1.54) is 30.8 Å². The van der Waals surface area contributed by atoms with Crippen molar-refractivity contribution >= 4 is 17.6 Å². The normalized spacial score (nSPS) is 27.3. The van der Waals surface area contributed by atoms with Gasteiger partial charge in [0.1, 0.15) is 11.6 Å². The molecule has 0 saturated carbocycles. The monoisotopic (exact) mass is 451 g/mol. The number of benzene rings is 1. The van der Waals surface area contributed by atoms with Crippen LogP contribution in [0.4, 0.5) is 5.82 Å². The lowest BCUT2D eigenvalue weighted by Crippen LogP contribution is -2.54. The first-order chi connectivity index (χ1) is 15.9. The zero-order chi connectivity index (χ0) is 23.1. The van der Waals surface area contributed by atoms with Crippen LogP contribution in [0.15, 0.2) is 24.3 Å². The maximum Gasteiger partial charge on any atom is 0.124 e. The Kier molecular flexibility index (Phi) is 6.12. The van der Waals surface area contributed by atoms with E-state index in [-0.39, 0.29) is 5.75 Å². The fourth-order valence-electron chi connectivity index (χ4n) is 5.90. The van der Waals surface area contributed by atoms with E-state index < -0.39 is 0 Å². The second-order valence-corrected chi connectivity index (χ2v) is 10.1. The Hall–Kier alpha value is -2.48. The number of hydrogen-bond acceptors (Lipinski definition) is 6. The highest BCUT2D eigenvalue weighted by Gasteiger charge is 2.39. The van der Waals surface area contributed by atoms with Crippen molar-refractivity contribution in [3.05, 3.63) is 46.6 Å². The molecule has 3 saturated heterocycles. The summed E-state index contributed by atoms with van der Waals surface area (Å²) in [6, 6.07) is 8.07. The Balaban J connectivity index is 1.54. The predicted octanol–water partition coefficient (Wildman–Crippen LogP) is 3.15. The summed E-state index contributed by atoms with van der Waals surface area (Å²) in [5.74, 6) is 1.59. The number of likely N-dealkylation sites (N-methyl/N-ethyl adjacent to an activating group) is 1. The molecule has 4 heterocycles. The molecule has 5 rings (SSSR count). The lowest BCUT2D eigenvalue weighted by Gasteiger charge is -2.46. The van der Waals surface area contributed by atoms with Crippen LogP contribution in [0.1, 0.15) is 60.4 Å². The van der Waals surface area contributed by atoms with Crippen LogP contribution < -0.4 is 11.5 Å². The Bertz CT molecular complexity index is 1010. The van der Waals surface area contributed by atoms with Gasteiger partial charge in [-0.2, -0.15) is 0 Å². The third-order valence-electron chi connectivity index (χ3n) is 7.92. The number of aromatic amines is 1. The van der Waals surface area contributed by atoms with Crippen LogP contribution in [0, 0.1) is 0 Å². The van der Waals surface area contributed by atoms with Crippen LogP contribution >= 0.6 is 0 Å². The maximum absolute atomic E-state index is 10.3. The number of likely N-dealkylation sites (tertiary alicyclic amines) is 1. The number of morpholine rings is 1. The zero-order valence-corrected chi connectivity index (χ0v) is 19.8. The molecular weight excluding hydrogens is 414 g/mol. The summed E-state index contributed by atoms with van der Waals surface area (Å²) >= 11 is 0. The molecule has 3 atom stereocenters. The molecule has 6 N–H and O–H groups in total. The molecule has 1 aromatic carbocycles. The molecule has 7 nitrogen and oxygen atoms in total. The first kappa shape index (κ1) is 22.3. The van der Waals surface area contributed by atoms with Crippen molar-refractivity contribution in [2.45, 2.75) is 50.1 Å². The van der Waals surface area contributed by atoms with Gasteiger partial charge in [0.25, 0.3) is 0 Å². The molecule has 0 spiro atoms. The molecule has 3 fully saturated rings. The number of aromatic hydroxyl groups is 1. The van der Waals surface area contributed by atoms with Crippen molar-refractivity contribution in [2.75, 3.05) is 45.6 Å². The number of anilines is 1. The third-order valence-corrected chi connectivity index (χ3v) is 7.92. The van der Waals surface area contributed by atoms with Crippen molar-refractivity contribution in [2.24, 2.45) is 5.73 Å². The molecule has 3 aliphatic rings. The fraction of sp³-hybridized carbons (Fsp3) is 0.538. The quantitative estimate of drug-likeness (QED) is 0.538. The van der Waals surface area contributed by atoms with Crippen molar-refractivity contribution in [3.8, 4) is 5.75 Å². The fourth-order valence-corrected chi connectivity index (χ4v) is 5.90. The van der Waals surface area contributed by atoms with Gasteiger partial charge in [-0.05, 0) is 69.1 Å². The van der Waals surface area contributed by atoms with Crippen molar-refractivity contribution in [1.82, 2.24) is 14.8 Å². The van der Waals surface area contributed by atoms with Crippen molar-refractivity contribution in [1.29, 1.82) is 0 Å². The number of para-hydroxylation sites is 1. The van der Waals surface area contributed by atoms with Gasteiger partial charge in [0.05, 0.1) is 13.2 Å². The van der Waals surface area contributed by atoms with Gasteiger partial charge in [-0.25, -0.2) is 0 Å². The zero-order valence-electron chi connectivity index (χ0n) is 19.8. The molecule has 0 aliphatic carbocycles. The SMILES string of the molecule is CC(CN1CCC1)c1c(C2CC3COCC(C2)N3C)[nH]c(N)c1/C=C(\N)c1ccccc1O. The van der Waals surface area contributed by atoms with E-state index in [4.69, 9.17) is 16.2 Å². The second-order valence-electron chi connectivity index (χ2n) is 10.1. The Morgan fingerprint density at radius 1 is 1.24 bits per heavy atom. The molecule has 3 unspecified atom stereocenters. The number of fused-ring (bicyclic) bond motifs is 2. The summed E-state index contributed by atoms with van der Waals surface area (Å²) in [6.07, 6.45) is 5.36. The molecular formula is C26H37N5O2. The highest BCUT2D eigenvalue weighted by Crippen LogP contribution is 2.43. The number of aromatic nitrogens is 1. The average molecular weight is 452 g/mol. The van der Waals surface area contributed by atoms with Crippen LogP contribution in [0.3, 0.4) is 0 Å². The van der Waals surface area contributed by atoms with E-state index in [9.17, 15) is 5.11 Å². The Labute approximate surface area is 196 Å². The van der Waals surface area contributed by atoms with Gasteiger partial charge in [-0.3, -0.25) is 4.90 Å². The van der Waals surface area contributed by atoms with Gasteiger partial charge in [0, 0.05) is 47.1 Å². The van der Waals surface area contributed by atoms with E-state index in [2.05, 4.69) is 28.8 Å². The number of nitrogens with zero attached hydrogens (tertiary/aromatic N) is 2. The summed E-state index contributed by atoms with van der Waals surface area (Å²) in [6.45, 7) is 7.25. The van der Waals surface area contributed by atoms with Crippen LogP contribution in [0.25, 0.3) is 11.8 Å². The minimum absolute atomic E-state index is 0.180. The number of nitrogens with one attached hydrogen (secondary N) is 1. The Morgan fingerprint density at radius 2 is 1.94 bits per heavy atom. The number of ether oxygens (including phenoxy) is 1. The molecule has 1 aromatic heterocycles. The first-order valence-electron chi connectivity index (χ1n) is 12.2. The van der Waals surface area contributed by atoms with E-state index in [1.54, 1.807) is 12.1 Å². The lowest BCUT2D eigenvalue weighted by molar-refractivity contribution is -0.0657. The first-order valence-corrected chi connectivity index (χ1v) is 12.2. The predicted molar refractivity (Wildman–Crippen MR) is 133 cm³/mol. The molecule has 2 aromatic rings. The maximum atomic E-state index is 10.3.